The Morgan fingerprint density at radius 1 is 1.47 bits per heavy atom. The topological polar surface area (TPSA) is 58.4 Å². The summed E-state index contributed by atoms with van der Waals surface area (Å²) in [5.41, 5.74) is 2.05. The van der Waals surface area contributed by atoms with Crippen LogP contribution in [0, 0.1) is 17.0 Å². The van der Waals surface area contributed by atoms with E-state index in [1.807, 2.05) is 13.0 Å². The molecule has 0 radical (unpaired) electrons. The smallest absolute Gasteiger partial charge is 0.271 e. The van der Waals surface area contributed by atoms with E-state index >= 15 is 0 Å². The van der Waals surface area contributed by atoms with Crippen LogP contribution >= 0.6 is 0 Å². The fraction of sp³-hybridized carbons (Fsp3) is 0.500. The van der Waals surface area contributed by atoms with E-state index in [9.17, 15) is 10.1 Å². The van der Waals surface area contributed by atoms with Crippen molar-refractivity contribution in [2.75, 3.05) is 24.5 Å². The molecule has 0 amide bonds. The van der Waals surface area contributed by atoms with Crippen LogP contribution < -0.4 is 10.2 Å². The third-order valence-corrected chi connectivity index (χ3v) is 2.99. The zero-order valence-corrected chi connectivity index (χ0v) is 10.1. The molecule has 2 rings (SSSR count). The van der Waals surface area contributed by atoms with Crippen molar-refractivity contribution in [3.05, 3.63) is 33.9 Å². The number of nitro benzene ring substituents is 1. The Labute approximate surface area is 101 Å². The second-order valence-corrected chi connectivity index (χ2v) is 4.59. The van der Waals surface area contributed by atoms with Gasteiger partial charge in [0.05, 0.1) is 4.92 Å². The summed E-state index contributed by atoms with van der Waals surface area (Å²) >= 11 is 0. The number of hydrogen-bond acceptors (Lipinski definition) is 4. The molecule has 5 nitrogen and oxygen atoms in total. The first-order valence-electron chi connectivity index (χ1n) is 5.80. The highest BCUT2D eigenvalue weighted by Gasteiger charge is 2.18. The minimum absolute atomic E-state index is 0.172. The van der Waals surface area contributed by atoms with E-state index in [1.54, 1.807) is 12.1 Å². The first-order valence-corrected chi connectivity index (χ1v) is 5.80. The van der Waals surface area contributed by atoms with E-state index < -0.39 is 0 Å². The third kappa shape index (κ3) is 2.74. The molecular formula is C12H17N3O2. The van der Waals surface area contributed by atoms with Gasteiger partial charge in [-0.25, -0.2) is 0 Å². The van der Waals surface area contributed by atoms with Gasteiger partial charge in [0.1, 0.15) is 0 Å². The molecule has 0 unspecified atom stereocenters. The monoisotopic (exact) mass is 235 g/mol. The highest BCUT2D eigenvalue weighted by Crippen LogP contribution is 2.24. The summed E-state index contributed by atoms with van der Waals surface area (Å²) in [6.07, 6.45) is 0. The van der Waals surface area contributed by atoms with Gasteiger partial charge in [-0.2, -0.15) is 0 Å². The Hall–Kier alpha value is -1.62. The van der Waals surface area contributed by atoms with Gasteiger partial charge in [0.25, 0.3) is 5.69 Å². The van der Waals surface area contributed by atoms with Crippen molar-refractivity contribution in [1.29, 1.82) is 0 Å². The molecule has 1 heterocycles. The van der Waals surface area contributed by atoms with Gasteiger partial charge in [-0.3, -0.25) is 10.1 Å². The molecule has 0 aromatic heterocycles. The van der Waals surface area contributed by atoms with Crippen molar-refractivity contribution in [3.63, 3.8) is 0 Å². The maximum Gasteiger partial charge on any atom is 0.271 e. The molecule has 1 N–H and O–H groups in total. The lowest BCUT2D eigenvalue weighted by Crippen LogP contribution is -2.49. The molecule has 0 aliphatic carbocycles. The van der Waals surface area contributed by atoms with E-state index in [1.165, 1.54) is 0 Å². The zero-order chi connectivity index (χ0) is 12.4. The minimum Gasteiger partial charge on any atom is -0.368 e. The van der Waals surface area contributed by atoms with Gasteiger partial charge in [0, 0.05) is 43.5 Å². The number of anilines is 1. The highest BCUT2D eigenvalue weighted by molar-refractivity contribution is 5.56. The van der Waals surface area contributed by atoms with E-state index in [-0.39, 0.29) is 10.6 Å². The lowest BCUT2D eigenvalue weighted by molar-refractivity contribution is -0.384. The maximum atomic E-state index is 10.8. The quantitative estimate of drug-likeness (QED) is 0.626. The number of aryl methyl sites for hydroxylation is 1. The maximum absolute atomic E-state index is 10.8. The molecular weight excluding hydrogens is 218 g/mol. The summed E-state index contributed by atoms with van der Waals surface area (Å²) in [7, 11) is 0. The van der Waals surface area contributed by atoms with Gasteiger partial charge in [-0.1, -0.05) is 0 Å². The molecule has 1 aliphatic rings. The molecule has 5 heteroatoms. The van der Waals surface area contributed by atoms with Crippen molar-refractivity contribution in [2.24, 2.45) is 0 Å². The zero-order valence-electron chi connectivity index (χ0n) is 10.1. The summed E-state index contributed by atoms with van der Waals surface area (Å²) in [4.78, 5) is 12.7. The highest BCUT2D eigenvalue weighted by atomic mass is 16.6. The van der Waals surface area contributed by atoms with Gasteiger partial charge >= 0.3 is 0 Å². The minimum atomic E-state index is -0.331. The summed E-state index contributed by atoms with van der Waals surface area (Å²) in [6.45, 7) is 6.72. The summed E-state index contributed by atoms with van der Waals surface area (Å²) in [6, 6.07) is 5.69. The second-order valence-electron chi connectivity index (χ2n) is 4.59. The predicted molar refractivity (Wildman–Crippen MR) is 67.5 cm³/mol. The molecule has 1 fully saturated rings. The fourth-order valence-corrected chi connectivity index (χ4v) is 2.20. The average molecular weight is 235 g/mol. The summed E-state index contributed by atoms with van der Waals surface area (Å²) < 4.78 is 0. The number of nitro groups is 1. The fourth-order valence-electron chi connectivity index (χ4n) is 2.20. The van der Waals surface area contributed by atoms with E-state index in [4.69, 9.17) is 0 Å². The van der Waals surface area contributed by atoms with Gasteiger partial charge in [0.2, 0.25) is 0 Å². The van der Waals surface area contributed by atoms with Crippen LogP contribution in [0.5, 0.6) is 0 Å². The Bertz CT molecular complexity index is 434. The number of rotatable bonds is 2. The number of nitrogens with one attached hydrogen (secondary N) is 1. The average Bonchev–Trinajstić information content (AvgIpc) is 2.28. The van der Waals surface area contributed by atoms with Crippen molar-refractivity contribution in [1.82, 2.24) is 5.32 Å². The van der Waals surface area contributed by atoms with Gasteiger partial charge < -0.3 is 10.2 Å². The van der Waals surface area contributed by atoms with Gasteiger partial charge in [-0.15, -0.1) is 0 Å². The number of hydrogen-bond donors (Lipinski definition) is 1. The van der Waals surface area contributed by atoms with E-state index in [0.717, 1.165) is 30.9 Å². The Morgan fingerprint density at radius 2 is 2.24 bits per heavy atom. The first-order chi connectivity index (χ1) is 8.06. The van der Waals surface area contributed by atoms with Crippen molar-refractivity contribution < 1.29 is 4.92 Å². The normalized spacial score (nSPS) is 20.4. The standard InChI is InChI=1S/C12H17N3O2/c1-9-5-11(7-12(6-9)15(16)17)14-4-3-13-10(2)8-14/h5-7,10,13H,3-4,8H2,1-2H3/t10-/m1/s1. The largest absolute Gasteiger partial charge is 0.368 e. The predicted octanol–water partition coefficient (Wildman–Crippen LogP) is 1.70. The van der Waals surface area contributed by atoms with Crippen LogP contribution in [0.15, 0.2) is 18.2 Å². The van der Waals surface area contributed by atoms with Crippen LogP contribution in [-0.4, -0.2) is 30.6 Å². The Kier molecular flexibility index (Phi) is 3.28. The number of nitrogens with zero attached hydrogens (tertiary/aromatic N) is 2. The molecule has 1 saturated heterocycles. The lowest BCUT2D eigenvalue weighted by Gasteiger charge is -2.33. The van der Waals surface area contributed by atoms with Gasteiger partial charge in [0.15, 0.2) is 0 Å². The number of benzene rings is 1. The van der Waals surface area contributed by atoms with Gasteiger partial charge in [-0.05, 0) is 25.5 Å². The van der Waals surface area contributed by atoms with E-state index in [2.05, 4.69) is 17.1 Å². The number of non-ortho nitro benzene ring substituents is 1. The van der Waals surface area contributed by atoms with Crippen LogP contribution in [0.2, 0.25) is 0 Å². The lowest BCUT2D eigenvalue weighted by atomic mass is 10.1. The molecule has 92 valence electrons. The number of piperazine rings is 1. The van der Waals surface area contributed by atoms with Crippen LogP contribution in [0.3, 0.4) is 0 Å². The first kappa shape index (κ1) is 11.9. The summed E-state index contributed by atoms with van der Waals surface area (Å²) in [5, 5.41) is 14.2. The van der Waals surface area contributed by atoms with Crippen molar-refractivity contribution >= 4 is 11.4 Å². The van der Waals surface area contributed by atoms with Crippen LogP contribution in [-0.2, 0) is 0 Å². The van der Waals surface area contributed by atoms with Crippen molar-refractivity contribution in [2.45, 2.75) is 19.9 Å². The van der Waals surface area contributed by atoms with Crippen molar-refractivity contribution in [3.8, 4) is 0 Å². The molecule has 17 heavy (non-hydrogen) atoms. The SMILES string of the molecule is Cc1cc(N2CCN[C@H](C)C2)cc([N+](=O)[O-])c1. The van der Waals surface area contributed by atoms with Crippen LogP contribution in [0.4, 0.5) is 11.4 Å². The third-order valence-electron chi connectivity index (χ3n) is 2.99. The molecule has 1 aromatic carbocycles. The Balaban J connectivity index is 2.28. The summed E-state index contributed by atoms with van der Waals surface area (Å²) in [5.74, 6) is 0. The van der Waals surface area contributed by atoms with Crippen LogP contribution in [0.1, 0.15) is 12.5 Å². The second kappa shape index (κ2) is 4.71. The molecule has 0 saturated carbocycles. The van der Waals surface area contributed by atoms with E-state index in [0.29, 0.717) is 6.04 Å². The Morgan fingerprint density at radius 3 is 2.88 bits per heavy atom. The molecule has 1 aliphatic heterocycles. The molecule has 0 spiro atoms. The molecule has 0 bridgehead atoms. The van der Waals surface area contributed by atoms with Crippen LogP contribution in [0.25, 0.3) is 0 Å². The molecule has 1 atom stereocenters. The molecule has 1 aromatic rings.